The number of rotatable bonds is 6. The van der Waals surface area contributed by atoms with E-state index in [1.807, 2.05) is 20.2 Å². The van der Waals surface area contributed by atoms with Crippen LogP contribution in [-0.2, 0) is 20.3 Å². The van der Waals surface area contributed by atoms with Crippen LogP contribution in [0, 0.1) is 6.92 Å². The Balaban J connectivity index is 1.62. The molecule has 3 aromatic rings. The topological polar surface area (TPSA) is 65.2 Å². The Morgan fingerprint density at radius 1 is 1.26 bits per heavy atom. The highest BCUT2D eigenvalue weighted by atomic mass is 35.5. The first-order valence-electron chi connectivity index (χ1n) is 8.19. The van der Waals surface area contributed by atoms with Crippen molar-refractivity contribution in [3.63, 3.8) is 0 Å². The second-order valence-electron chi connectivity index (χ2n) is 6.16. The highest BCUT2D eigenvalue weighted by Gasteiger charge is 2.17. The zero-order chi connectivity index (χ0) is 19.6. The van der Waals surface area contributed by atoms with Gasteiger partial charge in [-0.1, -0.05) is 23.2 Å². The molecule has 2 heterocycles. The van der Waals surface area contributed by atoms with E-state index in [-0.39, 0.29) is 12.6 Å². The van der Waals surface area contributed by atoms with Crippen molar-refractivity contribution in [2.24, 2.45) is 7.05 Å². The van der Waals surface area contributed by atoms with E-state index in [1.54, 1.807) is 47.1 Å². The number of halogens is 2. The van der Waals surface area contributed by atoms with Gasteiger partial charge < -0.3 is 9.64 Å². The number of carbonyl (C=O) groups is 1. The first-order chi connectivity index (χ1) is 12.8. The molecule has 142 valence electrons. The average Bonchev–Trinajstić information content (AvgIpc) is 3.20. The van der Waals surface area contributed by atoms with Gasteiger partial charge in [0.2, 0.25) is 0 Å². The Morgan fingerprint density at radius 2 is 2.04 bits per heavy atom. The molecule has 27 heavy (non-hydrogen) atoms. The Bertz CT molecular complexity index is 967. The molecule has 9 heteroatoms. The third-order valence-corrected chi connectivity index (χ3v) is 4.51. The fraction of sp³-hybridized carbons (Fsp3) is 0.278. The zero-order valence-electron chi connectivity index (χ0n) is 15.2. The van der Waals surface area contributed by atoms with Gasteiger partial charge in [-0.25, -0.2) is 4.68 Å². The lowest BCUT2D eigenvalue weighted by Gasteiger charge is -2.15. The maximum absolute atomic E-state index is 12.6. The first kappa shape index (κ1) is 19.3. The molecular weight excluding hydrogens is 389 g/mol. The van der Waals surface area contributed by atoms with E-state index < -0.39 is 0 Å². The maximum Gasteiger partial charge on any atom is 0.274 e. The van der Waals surface area contributed by atoms with E-state index in [1.165, 1.54) is 4.68 Å². The summed E-state index contributed by atoms with van der Waals surface area (Å²) in [6.45, 7) is 2.50. The fourth-order valence-corrected chi connectivity index (χ4v) is 3.07. The zero-order valence-corrected chi connectivity index (χ0v) is 16.7. The third-order valence-electron chi connectivity index (χ3n) is 3.98. The smallest absolute Gasteiger partial charge is 0.274 e. The summed E-state index contributed by atoms with van der Waals surface area (Å²) in [6, 6.07) is 6.63. The predicted molar refractivity (Wildman–Crippen MR) is 103 cm³/mol. The minimum atomic E-state index is -0.179. The third kappa shape index (κ3) is 4.61. The van der Waals surface area contributed by atoms with Crippen LogP contribution in [-0.4, -0.2) is 37.4 Å². The molecule has 0 aliphatic heterocycles. The lowest BCUT2D eigenvalue weighted by molar-refractivity contribution is 0.0777. The minimum absolute atomic E-state index is 0.125. The van der Waals surface area contributed by atoms with Crippen molar-refractivity contribution in [3.05, 3.63) is 63.7 Å². The number of hydrogen-bond acceptors (Lipinski definition) is 4. The number of carbonyl (C=O) groups excluding carboxylic acids is 1. The van der Waals surface area contributed by atoms with Crippen molar-refractivity contribution in [1.29, 1.82) is 0 Å². The van der Waals surface area contributed by atoms with E-state index in [2.05, 4.69) is 10.2 Å². The SMILES string of the molecule is Cc1nn(C)cc1CN(C)C(=O)c1ccn(COc2ccc(Cl)cc2Cl)n1. The number of aryl methyl sites for hydroxylation is 2. The van der Waals surface area contributed by atoms with E-state index in [0.717, 1.165) is 11.3 Å². The molecule has 0 unspecified atom stereocenters. The van der Waals surface area contributed by atoms with Crippen LogP contribution in [0.15, 0.2) is 36.7 Å². The van der Waals surface area contributed by atoms with Crippen molar-refractivity contribution in [2.75, 3.05) is 7.05 Å². The quantitative estimate of drug-likeness (QED) is 0.626. The molecule has 0 fully saturated rings. The lowest BCUT2D eigenvalue weighted by atomic mass is 10.2. The molecule has 7 nitrogen and oxygen atoms in total. The van der Waals surface area contributed by atoms with Gasteiger partial charge >= 0.3 is 0 Å². The van der Waals surface area contributed by atoms with Gasteiger partial charge in [0.05, 0.1) is 10.7 Å². The molecular formula is C18H19Cl2N5O2. The largest absolute Gasteiger partial charge is 0.470 e. The average molecular weight is 408 g/mol. The Kier molecular flexibility index (Phi) is 5.72. The fourth-order valence-electron chi connectivity index (χ4n) is 2.60. The summed E-state index contributed by atoms with van der Waals surface area (Å²) < 4.78 is 8.88. The summed E-state index contributed by atoms with van der Waals surface area (Å²) in [4.78, 5) is 14.2. The first-order valence-corrected chi connectivity index (χ1v) is 8.95. The number of hydrogen-bond donors (Lipinski definition) is 0. The Morgan fingerprint density at radius 3 is 2.70 bits per heavy atom. The van der Waals surface area contributed by atoms with Crippen LogP contribution in [0.25, 0.3) is 0 Å². The van der Waals surface area contributed by atoms with E-state index in [0.29, 0.717) is 28.0 Å². The van der Waals surface area contributed by atoms with Gasteiger partial charge in [0.25, 0.3) is 5.91 Å². The summed E-state index contributed by atoms with van der Waals surface area (Å²) in [6.07, 6.45) is 3.58. The van der Waals surface area contributed by atoms with Crippen LogP contribution < -0.4 is 4.74 Å². The highest BCUT2D eigenvalue weighted by Crippen LogP contribution is 2.27. The monoisotopic (exact) mass is 407 g/mol. The van der Waals surface area contributed by atoms with Crippen molar-refractivity contribution in [1.82, 2.24) is 24.5 Å². The number of ether oxygens (including phenoxy) is 1. The van der Waals surface area contributed by atoms with Crippen molar-refractivity contribution in [3.8, 4) is 5.75 Å². The molecule has 1 aromatic carbocycles. The molecule has 0 atom stereocenters. The van der Waals surface area contributed by atoms with E-state index in [4.69, 9.17) is 27.9 Å². The van der Waals surface area contributed by atoms with Gasteiger partial charge in [-0.2, -0.15) is 10.2 Å². The summed E-state index contributed by atoms with van der Waals surface area (Å²) in [5.74, 6) is 0.315. The van der Waals surface area contributed by atoms with Crippen LogP contribution in [0.4, 0.5) is 0 Å². The van der Waals surface area contributed by atoms with Crippen molar-refractivity contribution in [2.45, 2.75) is 20.2 Å². The molecule has 0 aliphatic rings. The molecule has 0 radical (unpaired) electrons. The predicted octanol–water partition coefficient (Wildman–Crippen LogP) is 3.54. The standard InChI is InChI=1S/C18H19Cl2N5O2/c1-12-13(10-24(3)21-12)9-23(2)18(26)16-6-7-25(22-16)11-27-17-5-4-14(19)8-15(17)20/h4-8,10H,9,11H2,1-3H3. The Labute approximate surface area is 167 Å². The van der Waals surface area contributed by atoms with Crippen molar-refractivity contribution >= 4 is 29.1 Å². The summed E-state index contributed by atoms with van der Waals surface area (Å²) >= 11 is 11.9. The van der Waals surface area contributed by atoms with Crippen molar-refractivity contribution < 1.29 is 9.53 Å². The summed E-state index contributed by atoms with van der Waals surface area (Å²) in [7, 11) is 3.59. The Hall–Kier alpha value is -2.51. The highest BCUT2D eigenvalue weighted by molar-refractivity contribution is 6.35. The molecule has 3 rings (SSSR count). The molecule has 0 spiro atoms. The second kappa shape index (κ2) is 8.02. The van der Waals surface area contributed by atoms with Crippen LogP contribution in [0.2, 0.25) is 10.0 Å². The second-order valence-corrected chi connectivity index (χ2v) is 7.01. The molecule has 0 N–H and O–H groups in total. The van der Waals surface area contributed by atoms with Gasteiger partial charge in [0.15, 0.2) is 12.4 Å². The number of nitrogens with zero attached hydrogens (tertiary/aromatic N) is 5. The van der Waals surface area contributed by atoms with Crippen LogP contribution in [0.5, 0.6) is 5.75 Å². The number of benzene rings is 1. The van der Waals surface area contributed by atoms with E-state index in [9.17, 15) is 4.79 Å². The van der Waals surface area contributed by atoms with Gasteiger partial charge in [-0.05, 0) is 31.2 Å². The molecule has 0 aliphatic carbocycles. The number of aromatic nitrogens is 4. The maximum atomic E-state index is 12.6. The molecule has 0 saturated heterocycles. The molecule has 2 aromatic heterocycles. The summed E-state index contributed by atoms with van der Waals surface area (Å²) in [5.41, 5.74) is 2.23. The van der Waals surface area contributed by atoms with Gasteiger partial charge in [0, 0.05) is 43.6 Å². The van der Waals surface area contributed by atoms with Gasteiger partial charge in [-0.15, -0.1) is 0 Å². The molecule has 0 bridgehead atoms. The van der Waals surface area contributed by atoms with Crippen LogP contribution >= 0.6 is 23.2 Å². The van der Waals surface area contributed by atoms with Crippen LogP contribution in [0.3, 0.4) is 0 Å². The number of amides is 1. The molecule has 0 saturated carbocycles. The lowest BCUT2D eigenvalue weighted by Crippen LogP contribution is -2.27. The minimum Gasteiger partial charge on any atom is -0.470 e. The van der Waals surface area contributed by atoms with Gasteiger partial charge in [0.1, 0.15) is 5.75 Å². The normalized spacial score (nSPS) is 10.9. The van der Waals surface area contributed by atoms with Crippen LogP contribution in [0.1, 0.15) is 21.7 Å². The summed E-state index contributed by atoms with van der Waals surface area (Å²) in [5, 5.41) is 9.51. The molecule has 1 amide bonds. The van der Waals surface area contributed by atoms with E-state index >= 15 is 0 Å². The van der Waals surface area contributed by atoms with Gasteiger partial charge in [-0.3, -0.25) is 9.48 Å².